The molecule has 2 heterocycles. The molecule has 1 saturated carbocycles. The highest BCUT2D eigenvalue weighted by Gasteiger charge is 2.33. The monoisotopic (exact) mass is 312 g/mol. The van der Waals surface area contributed by atoms with Gasteiger partial charge in [-0.15, -0.1) is 0 Å². The van der Waals surface area contributed by atoms with Crippen molar-refractivity contribution >= 4 is 17.3 Å². The van der Waals surface area contributed by atoms with Crippen LogP contribution in [-0.2, 0) is 6.54 Å². The van der Waals surface area contributed by atoms with E-state index in [1.165, 1.54) is 11.1 Å². The van der Waals surface area contributed by atoms with Crippen molar-refractivity contribution in [3.8, 4) is 0 Å². The summed E-state index contributed by atoms with van der Waals surface area (Å²) in [5, 5.41) is 16.8. The van der Waals surface area contributed by atoms with E-state index in [1.54, 1.807) is 6.20 Å². The van der Waals surface area contributed by atoms with Crippen LogP contribution in [0, 0.1) is 0 Å². The smallest absolute Gasteiger partial charge is 0.287 e. The van der Waals surface area contributed by atoms with E-state index in [1.807, 2.05) is 0 Å². The first-order valence-corrected chi connectivity index (χ1v) is 7.95. The average molecular weight is 313 g/mol. The molecule has 1 aromatic rings. The Morgan fingerprint density at radius 2 is 2.29 bits per heavy atom. The van der Waals surface area contributed by atoms with E-state index in [9.17, 15) is 4.79 Å². The molecule has 6 nitrogen and oxygen atoms in total. The van der Waals surface area contributed by atoms with Crippen LogP contribution in [0.4, 0.5) is 5.69 Å². The van der Waals surface area contributed by atoms with Crippen LogP contribution in [0.3, 0.4) is 0 Å². The molecule has 7 heteroatoms. The highest BCUT2D eigenvalue weighted by molar-refractivity contribution is 6.33. The van der Waals surface area contributed by atoms with Gasteiger partial charge in [0.15, 0.2) is 0 Å². The number of aliphatic hydroxyl groups excluding tert-OH is 1. The summed E-state index contributed by atoms with van der Waals surface area (Å²) in [6, 6.07) is 0.932. The van der Waals surface area contributed by atoms with Gasteiger partial charge in [-0.1, -0.05) is 11.6 Å². The van der Waals surface area contributed by atoms with Crippen molar-refractivity contribution in [2.75, 3.05) is 24.6 Å². The van der Waals surface area contributed by atoms with Gasteiger partial charge >= 0.3 is 0 Å². The van der Waals surface area contributed by atoms with Crippen LogP contribution in [0.15, 0.2) is 11.0 Å². The second kappa shape index (κ2) is 6.34. The Morgan fingerprint density at radius 1 is 1.48 bits per heavy atom. The van der Waals surface area contributed by atoms with Crippen LogP contribution in [0.5, 0.6) is 0 Å². The molecular weight excluding hydrogens is 292 g/mol. The number of hydrogen-bond acceptors (Lipinski definition) is 5. The summed E-state index contributed by atoms with van der Waals surface area (Å²) < 4.78 is 1.21. The van der Waals surface area contributed by atoms with Crippen molar-refractivity contribution in [3.05, 3.63) is 21.6 Å². The van der Waals surface area contributed by atoms with E-state index < -0.39 is 0 Å². The van der Waals surface area contributed by atoms with Gasteiger partial charge in [0.05, 0.1) is 25.0 Å². The minimum absolute atomic E-state index is 0.124. The van der Waals surface area contributed by atoms with Crippen LogP contribution in [0.1, 0.15) is 25.7 Å². The highest BCUT2D eigenvalue weighted by atomic mass is 35.5. The zero-order chi connectivity index (χ0) is 14.8. The van der Waals surface area contributed by atoms with E-state index in [-0.39, 0.29) is 23.7 Å². The molecule has 0 aromatic carbocycles. The van der Waals surface area contributed by atoms with Crippen molar-refractivity contribution < 1.29 is 5.11 Å². The third kappa shape index (κ3) is 3.22. The van der Waals surface area contributed by atoms with E-state index in [0.29, 0.717) is 12.1 Å². The van der Waals surface area contributed by atoms with Gasteiger partial charge in [-0.05, 0) is 32.2 Å². The summed E-state index contributed by atoms with van der Waals surface area (Å²) >= 11 is 6.27. The Hall–Kier alpha value is -1.11. The van der Waals surface area contributed by atoms with E-state index in [2.05, 4.69) is 15.3 Å². The standard InChI is InChI=1S/C14H21ClN4O2/c15-13-12(8-17-19(6-7-20)14(13)21)18(11-3-4-11)9-10-2-1-5-16-10/h8,10-11,16,20H,1-7,9H2. The lowest BCUT2D eigenvalue weighted by atomic mass is 10.2. The van der Waals surface area contributed by atoms with Gasteiger partial charge in [-0.2, -0.15) is 5.10 Å². The lowest BCUT2D eigenvalue weighted by Crippen LogP contribution is -2.40. The second-order valence-electron chi connectivity index (χ2n) is 5.77. The Kier molecular flexibility index (Phi) is 4.47. The maximum Gasteiger partial charge on any atom is 0.287 e. The molecule has 1 unspecified atom stereocenters. The third-order valence-corrected chi connectivity index (χ3v) is 4.51. The third-order valence-electron chi connectivity index (χ3n) is 4.15. The molecule has 2 N–H and O–H groups in total. The zero-order valence-electron chi connectivity index (χ0n) is 12.0. The summed E-state index contributed by atoms with van der Waals surface area (Å²) in [4.78, 5) is 14.4. The fraction of sp³-hybridized carbons (Fsp3) is 0.714. The molecular formula is C14H21ClN4O2. The van der Waals surface area contributed by atoms with Crippen molar-refractivity contribution in [1.82, 2.24) is 15.1 Å². The minimum atomic E-state index is -0.326. The first kappa shape index (κ1) is 14.8. The number of nitrogens with one attached hydrogen (secondary N) is 1. The Labute approximate surface area is 128 Å². The van der Waals surface area contributed by atoms with Gasteiger partial charge in [-0.3, -0.25) is 4.79 Å². The van der Waals surface area contributed by atoms with Gasteiger partial charge in [0.2, 0.25) is 0 Å². The number of halogens is 1. The largest absolute Gasteiger partial charge is 0.394 e. The molecule has 2 aliphatic rings. The lowest BCUT2D eigenvalue weighted by molar-refractivity contribution is 0.266. The van der Waals surface area contributed by atoms with Crippen LogP contribution in [0.25, 0.3) is 0 Å². The number of aromatic nitrogens is 2. The predicted octanol–water partition coefficient (Wildman–Crippen LogP) is 0.610. The average Bonchev–Trinajstić information content (AvgIpc) is 3.20. The molecule has 21 heavy (non-hydrogen) atoms. The van der Waals surface area contributed by atoms with Gasteiger partial charge in [0.1, 0.15) is 5.02 Å². The molecule has 2 fully saturated rings. The van der Waals surface area contributed by atoms with Gasteiger partial charge < -0.3 is 15.3 Å². The van der Waals surface area contributed by atoms with E-state index >= 15 is 0 Å². The maximum atomic E-state index is 12.2. The molecule has 0 radical (unpaired) electrons. The van der Waals surface area contributed by atoms with E-state index in [4.69, 9.17) is 16.7 Å². The minimum Gasteiger partial charge on any atom is -0.394 e. The summed E-state index contributed by atoms with van der Waals surface area (Å²) in [5.41, 5.74) is 0.403. The lowest BCUT2D eigenvalue weighted by Gasteiger charge is -2.28. The number of rotatable bonds is 6. The van der Waals surface area contributed by atoms with Crippen LogP contribution in [-0.4, -0.2) is 46.7 Å². The molecule has 1 atom stereocenters. The molecule has 3 rings (SSSR count). The second-order valence-corrected chi connectivity index (χ2v) is 6.15. The Morgan fingerprint density at radius 3 is 2.90 bits per heavy atom. The first-order valence-electron chi connectivity index (χ1n) is 7.57. The summed E-state index contributed by atoms with van der Waals surface area (Å²) in [6.07, 6.45) is 6.31. The normalized spacial score (nSPS) is 21.7. The molecule has 0 amide bonds. The maximum absolute atomic E-state index is 12.2. The van der Waals surface area contributed by atoms with Gasteiger partial charge in [-0.25, -0.2) is 4.68 Å². The molecule has 0 bridgehead atoms. The number of nitrogens with zero attached hydrogens (tertiary/aromatic N) is 3. The van der Waals surface area contributed by atoms with Crippen molar-refractivity contribution in [3.63, 3.8) is 0 Å². The summed E-state index contributed by atoms with van der Waals surface area (Å²) in [5.74, 6) is 0. The molecule has 116 valence electrons. The SMILES string of the molecule is O=c1c(Cl)c(N(CC2CCCN2)C2CC2)cnn1CCO. The molecule has 1 aliphatic heterocycles. The van der Waals surface area contributed by atoms with Gasteiger partial charge in [0.25, 0.3) is 5.56 Å². The molecule has 0 spiro atoms. The van der Waals surface area contributed by atoms with Crippen LogP contribution < -0.4 is 15.8 Å². The van der Waals surface area contributed by atoms with Crippen LogP contribution in [0.2, 0.25) is 5.02 Å². The van der Waals surface area contributed by atoms with Crippen LogP contribution >= 0.6 is 11.6 Å². The topological polar surface area (TPSA) is 70.4 Å². The van der Waals surface area contributed by atoms with Crippen molar-refractivity contribution in [2.45, 2.75) is 44.3 Å². The summed E-state index contributed by atoms with van der Waals surface area (Å²) in [6.45, 7) is 1.98. The first-order chi connectivity index (χ1) is 10.2. The summed E-state index contributed by atoms with van der Waals surface area (Å²) in [7, 11) is 0. The molecule has 1 saturated heterocycles. The Bertz CT molecular complexity index is 552. The van der Waals surface area contributed by atoms with E-state index in [0.717, 1.165) is 38.0 Å². The fourth-order valence-corrected chi connectivity index (χ4v) is 3.15. The number of hydrogen-bond donors (Lipinski definition) is 2. The number of aliphatic hydroxyl groups is 1. The highest BCUT2D eigenvalue weighted by Crippen LogP contribution is 2.34. The Balaban J connectivity index is 1.85. The zero-order valence-corrected chi connectivity index (χ0v) is 12.7. The number of anilines is 1. The van der Waals surface area contributed by atoms with Crippen molar-refractivity contribution in [1.29, 1.82) is 0 Å². The predicted molar refractivity (Wildman–Crippen MR) is 82.0 cm³/mol. The quantitative estimate of drug-likeness (QED) is 0.805. The van der Waals surface area contributed by atoms with Gasteiger partial charge in [0, 0.05) is 18.6 Å². The molecule has 1 aliphatic carbocycles. The van der Waals surface area contributed by atoms with Crippen molar-refractivity contribution in [2.24, 2.45) is 0 Å². The fourth-order valence-electron chi connectivity index (χ4n) is 2.89. The molecule has 1 aromatic heterocycles.